The Bertz CT molecular complexity index is 509. The number of carbonyl (C=O) groups excluding carboxylic acids is 1. The molecule has 0 unspecified atom stereocenters. The van der Waals surface area contributed by atoms with Crippen LogP contribution < -0.4 is 5.32 Å². The van der Waals surface area contributed by atoms with Crippen molar-refractivity contribution in [3.05, 3.63) is 35.5 Å². The van der Waals surface area contributed by atoms with E-state index in [1.54, 1.807) is 17.8 Å². The number of hydrogen-bond acceptors (Lipinski definition) is 2. The molecule has 0 aliphatic carbocycles. The van der Waals surface area contributed by atoms with Crippen molar-refractivity contribution in [1.82, 2.24) is 14.8 Å². The molecule has 6 heteroatoms. The van der Waals surface area contributed by atoms with Crippen molar-refractivity contribution in [2.24, 2.45) is 7.05 Å². The van der Waals surface area contributed by atoms with E-state index in [0.717, 1.165) is 18.0 Å². The average Bonchev–Trinajstić information content (AvgIpc) is 2.75. The monoisotopic (exact) mass is 222 g/mol. The quantitative estimate of drug-likeness (QED) is 0.807. The number of halogens is 1. The summed E-state index contributed by atoms with van der Waals surface area (Å²) in [6.45, 7) is 1.87. The molecular formula is C10H11FN4O. The zero-order chi connectivity index (χ0) is 11.7. The Morgan fingerprint density at radius 2 is 2.31 bits per heavy atom. The van der Waals surface area contributed by atoms with Crippen molar-refractivity contribution in [3.8, 4) is 0 Å². The number of nitrogens with zero attached hydrogens (tertiary/aromatic N) is 2. The third-order valence-electron chi connectivity index (χ3n) is 2.25. The van der Waals surface area contributed by atoms with Crippen molar-refractivity contribution < 1.29 is 9.18 Å². The van der Waals surface area contributed by atoms with Gasteiger partial charge in [0.15, 0.2) is 5.82 Å². The zero-order valence-corrected chi connectivity index (χ0v) is 8.91. The summed E-state index contributed by atoms with van der Waals surface area (Å²) in [6, 6.07) is 2.86. The smallest absolute Gasteiger partial charge is 0.273 e. The van der Waals surface area contributed by atoms with E-state index in [-0.39, 0.29) is 5.69 Å². The Labute approximate surface area is 91.3 Å². The lowest BCUT2D eigenvalue weighted by atomic mass is 10.4. The maximum absolute atomic E-state index is 12.7. The first-order chi connectivity index (χ1) is 7.56. The van der Waals surface area contributed by atoms with Gasteiger partial charge in [-0.05, 0) is 6.92 Å². The van der Waals surface area contributed by atoms with E-state index in [0.29, 0.717) is 5.82 Å². The second-order valence-electron chi connectivity index (χ2n) is 3.48. The van der Waals surface area contributed by atoms with Gasteiger partial charge in [-0.25, -0.2) is 4.39 Å². The topological polar surface area (TPSA) is 62.7 Å². The fourth-order valence-electron chi connectivity index (χ4n) is 1.30. The summed E-state index contributed by atoms with van der Waals surface area (Å²) >= 11 is 0. The molecule has 2 N–H and O–H groups in total. The Morgan fingerprint density at radius 1 is 1.56 bits per heavy atom. The van der Waals surface area contributed by atoms with Gasteiger partial charge in [0.1, 0.15) is 11.5 Å². The van der Waals surface area contributed by atoms with Gasteiger partial charge < -0.3 is 10.3 Å². The number of carbonyl (C=O) groups is 1. The van der Waals surface area contributed by atoms with Crippen molar-refractivity contribution in [1.29, 1.82) is 0 Å². The molecule has 0 aliphatic heterocycles. The second-order valence-corrected chi connectivity index (χ2v) is 3.48. The largest absolute Gasteiger partial charge is 0.355 e. The van der Waals surface area contributed by atoms with Crippen LogP contribution >= 0.6 is 0 Å². The summed E-state index contributed by atoms with van der Waals surface area (Å²) in [5.74, 6) is -0.440. The van der Waals surface area contributed by atoms with Crippen LogP contribution in [0.3, 0.4) is 0 Å². The molecule has 2 rings (SSSR count). The number of amides is 1. The molecule has 1 amide bonds. The number of anilines is 1. The highest BCUT2D eigenvalue weighted by atomic mass is 19.1. The molecule has 0 aliphatic rings. The molecule has 0 spiro atoms. The van der Waals surface area contributed by atoms with Crippen molar-refractivity contribution in [2.75, 3.05) is 5.32 Å². The van der Waals surface area contributed by atoms with E-state index in [1.165, 1.54) is 0 Å². The number of aromatic nitrogens is 3. The maximum atomic E-state index is 12.7. The van der Waals surface area contributed by atoms with Crippen LogP contribution in [0, 0.1) is 12.7 Å². The normalized spacial score (nSPS) is 10.4. The van der Waals surface area contributed by atoms with Gasteiger partial charge in [-0.15, -0.1) is 0 Å². The summed E-state index contributed by atoms with van der Waals surface area (Å²) in [5, 5.41) is 6.62. The molecule has 0 aromatic carbocycles. The van der Waals surface area contributed by atoms with Crippen LogP contribution in [0.1, 0.15) is 16.2 Å². The molecule has 2 aromatic heterocycles. The molecule has 0 atom stereocenters. The summed E-state index contributed by atoms with van der Waals surface area (Å²) in [7, 11) is 1.78. The summed E-state index contributed by atoms with van der Waals surface area (Å²) in [5.41, 5.74) is 1.09. The van der Waals surface area contributed by atoms with Gasteiger partial charge in [-0.1, -0.05) is 0 Å². The van der Waals surface area contributed by atoms with Crippen LogP contribution in [0.15, 0.2) is 18.3 Å². The standard InChI is InChI=1S/C10H11FN4O/c1-6-3-9(14-15(6)2)13-10(16)8-4-7(11)5-12-8/h3-5,12H,1-2H3,(H,13,14,16). The van der Waals surface area contributed by atoms with Crippen molar-refractivity contribution in [3.63, 3.8) is 0 Å². The summed E-state index contributed by atoms with van der Waals surface area (Å²) in [6.07, 6.45) is 1.12. The Balaban J connectivity index is 2.13. The summed E-state index contributed by atoms with van der Waals surface area (Å²) in [4.78, 5) is 14.1. The first-order valence-electron chi connectivity index (χ1n) is 4.72. The van der Waals surface area contributed by atoms with Gasteiger partial charge in [-0.3, -0.25) is 9.48 Å². The highest BCUT2D eigenvalue weighted by Crippen LogP contribution is 2.09. The Kier molecular flexibility index (Phi) is 2.47. The lowest BCUT2D eigenvalue weighted by Gasteiger charge is -1.98. The fourth-order valence-corrected chi connectivity index (χ4v) is 1.30. The second kappa shape index (κ2) is 3.80. The molecule has 84 valence electrons. The number of aromatic amines is 1. The highest BCUT2D eigenvalue weighted by Gasteiger charge is 2.10. The van der Waals surface area contributed by atoms with Crippen LogP contribution in [0.2, 0.25) is 0 Å². The predicted octanol–water partition coefficient (Wildman–Crippen LogP) is 1.45. The first kappa shape index (κ1) is 10.4. The van der Waals surface area contributed by atoms with E-state index >= 15 is 0 Å². The van der Waals surface area contributed by atoms with Gasteiger partial charge in [0.2, 0.25) is 0 Å². The third kappa shape index (κ3) is 1.95. The molecule has 0 radical (unpaired) electrons. The van der Waals surface area contributed by atoms with E-state index in [4.69, 9.17) is 0 Å². The molecule has 0 saturated carbocycles. The van der Waals surface area contributed by atoms with Crippen molar-refractivity contribution >= 4 is 11.7 Å². The molecule has 2 aromatic rings. The van der Waals surface area contributed by atoms with E-state index in [9.17, 15) is 9.18 Å². The Hall–Kier alpha value is -2.11. The minimum Gasteiger partial charge on any atom is -0.355 e. The molecule has 2 heterocycles. The molecule has 0 fully saturated rings. The van der Waals surface area contributed by atoms with Gasteiger partial charge in [0.25, 0.3) is 5.91 Å². The van der Waals surface area contributed by atoms with E-state index < -0.39 is 11.7 Å². The molecule has 5 nitrogen and oxygen atoms in total. The predicted molar refractivity (Wildman–Crippen MR) is 56.6 cm³/mol. The molecule has 0 bridgehead atoms. The van der Waals surface area contributed by atoms with E-state index in [2.05, 4.69) is 15.4 Å². The molecule has 0 saturated heterocycles. The van der Waals surface area contributed by atoms with Gasteiger partial charge in [-0.2, -0.15) is 5.10 Å². The number of rotatable bonds is 2. The average molecular weight is 222 g/mol. The van der Waals surface area contributed by atoms with Crippen LogP contribution in [0.5, 0.6) is 0 Å². The maximum Gasteiger partial charge on any atom is 0.273 e. The highest BCUT2D eigenvalue weighted by molar-refractivity contribution is 6.02. The lowest BCUT2D eigenvalue weighted by Crippen LogP contribution is -2.12. The number of nitrogens with one attached hydrogen (secondary N) is 2. The number of hydrogen-bond donors (Lipinski definition) is 2. The van der Waals surface area contributed by atoms with Gasteiger partial charge in [0, 0.05) is 31.1 Å². The fraction of sp³-hybridized carbons (Fsp3) is 0.200. The number of aryl methyl sites for hydroxylation is 2. The lowest BCUT2D eigenvalue weighted by molar-refractivity contribution is 0.102. The SMILES string of the molecule is Cc1cc(NC(=O)c2cc(F)c[nH]2)nn1C. The summed E-state index contributed by atoms with van der Waals surface area (Å²) < 4.78 is 14.3. The molecule has 16 heavy (non-hydrogen) atoms. The minimum atomic E-state index is -0.470. The van der Waals surface area contributed by atoms with E-state index in [1.807, 2.05) is 6.92 Å². The van der Waals surface area contributed by atoms with Crippen molar-refractivity contribution in [2.45, 2.75) is 6.92 Å². The van der Waals surface area contributed by atoms with Crippen LogP contribution in [0.4, 0.5) is 10.2 Å². The minimum absolute atomic E-state index is 0.167. The zero-order valence-electron chi connectivity index (χ0n) is 8.91. The molecular weight excluding hydrogens is 211 g/mol. The van der Waals surface area contributed by atoms with Crippen LogP contribution in [-0.2, 0) is 7.05 Å². The van der Waals surface area contributed by atoms with Gasteiger partial charge in [0.05, 0.1) is 0 Å². The van der Waals surface area contributed by atoms with Crippen LogP contribution in [-0.4, -0.2) is 20.7 Å². The third-order valence-corrected chi connectivity index (χ3v) is 2.25. The first-order valence-corrected chi connectivity index (χ1v) is 4.72. The number of H-pyrrole nitrogens is 1. The van der Waals surface area contributed by atoms with Gasteiger partial charge >= 0.3 is 0 Å². The van der Waals surface area contributed by atoms with Crippen LogP contribution in [0.25, 0.3) is 0 Å². The Morgan fingerprint density at radius 3 is 2.81 bits per heavy atom.